The first kappa shape index (κ1) is 18.1. The molecule has 1 aromatic rings. The van der Waals surface area contributed by atoms with E-state index in [4.69, 9.17) is 15.2 Å². The van der Waals surface area contributed by atoms with Crippen LogP contribution < -0.4 is 20.1 Å². The summed E-state index contributed by atoms with van der Waals surface area (Å²) in [5, 5.41) is 0. The number of carbonyl (C=O) groups excluding carboxylic acids is 2. The highest BCUT2D eigenvalue weighted by Crippen LogP contribution is 2.31. The third-order valence-electron chi connectivity index (χ3n) is 4.28. The fraction of sp³-hybridized carbons (Fsp3) is 0.529. The molecule has 1 aliphatic heterocycles. The Labute approximate surface area is 142 Å². The normalized spacial score (nSPS) is 17.1. The van der Waals surface area contributed by atoms with Gasteiger partial charge >= 0.3 is 0 Å². The molecule has 1 heterocycles. The average molecular weight is 335 g/mol. The van der Waals surface area contributed by atoms with Crippen LogP contribution in [0.4, 0.5) is 5.69 Å². The third-order valence-corrected chi connectivity index (χ3v) is 4.28. The van der Waals surface area contributed by atoms with Gasteiger partial charge in [0.1, 0.15) is 17.5 Å². The number of amides is 2. The van der Waals surface area contributed by atoms with E-state index < -0.39 is 6.04 Å². The summed E-state index contributed by atoms with van der Waals surface area (Å²) in [4.78, 5) is 28.1. The SMILES string of the molecule is COc1cc(OC)cc(N2CCC(N(C)C(=O)CCCN)C2=O)c1. The number of nitrogens with zero attached hydrogens (tertiary/aromatic N) is 2. The molecule has 1 aliphatic rings. The maximum absolute atomic E-state index is 12.8. The molecule has 24 heavy (non-hydrogen) atoms. The van der Waals surface area contributed by atoms with Crippen LogP contribution in [0.15, 0.2) is 18.2 Å². The Morgan fingerprint density at radius 3 is 2.46 bits per heavy atom. The van der Waals surface area contributed by atoms with Crippen LogP contribution in [0.3, 0.4) is 0 Å². The lowest BCUT2D eigenvalue weighted by molar-refractivity contribution is -0.136. The molecule has 2 rings (SSSR count). The molecule has 1 saturated heterocycles. The average Bonchev–Trinajstić information content (AvgIpc) is 2.99. The molecule has 1 unspecified atom stereocenters. The zero-order valence-electron chi connectivity index (χ0n) is 14.4. The van der Waals surface area contributed by atoms with Crippen LogP contribution in [0.25, 0.3) is 0 Å². The number of methoxy groups -OCH3 is 2. The highest BCUT2D eigenvalue weighted by atomic mass is 16.5. The van der Waals surface area contributed by atoms with Gasteiger partial charge in [0, 0.05) is 38.2 Å². The maximum atomic E-state index is 12.8. The number of carbonyl (C=O) groups is 2. The number of nitrogens with two attached hydrogens (primary N) is 1. The van der Waals surface area contributed by atoms with Gasteiger partial charge in [-0.15, -0.1) is 0 Å². The summed E-state index contributed by atoms with van der Waals surface area (Å²) in [6.07, 6.45) is 1.59. The summed E-state index contributed by atoms with van der Waals surface area (Å²) in [5.74, 6) is 1.10. The maximum Gasteiger partial charge on any atom is 0.249 e. The monoisotopic (exact) mass is 335 g/mol. The molecule has 7 heteroatoms. The lowest BCUT2D eigenvalue weighted by Crippen LogP contribution is -2.43. The van der Waals surface area contributed by atoms with Gasteiger partial charge in [0.05, 0.1) is 19.9 Å². The summed E-state index contributed by atoms with van der Waals surface area (Å²) >= 11 is 0. The van der Waals surface area contributed by atoms with E-state index >= 15 is 0 Å². The number of likely N-dealkylation sites (N-methyl/N-ethyl adjacent to an activating group) is 1. The third kappa shape index (κ3) is 3.79. The van der Waals surface area contributed by atoms with Gasteiger partial charge in [-0.1, -0.05) is 0 Å². The quantitative estimate of drug-likeness (QED) is 0.804. The second-order valence-electron chi connectivity index (χ2n) is 5.76. The topological polar surface area (TPSA) is 85.1 Å². The zero-order chi connectivity index (χ0) is 17.7. The second kappa shape index (κ2) is 8.01. The van der Waals surface area contributed by atoms with Crippen molar-refractivity contribution in [2.75, 3.05) is 39.3 Å². The summed E-state index contributed by atoms with van der Waals surface area (Å²) in [7, 11) is 4.81. The van der Waals surface area contributed by atoms with Gasteiger partial charge in [0.15, 0.2) is 0 Å². The van der Waals surface area contributed by atoms with Crippen molar-refractivity contribution in [3.05, 3.63) is 18.2 Å². The van der Waals surface area contributed by atoms with Crippen molar-refractivity contribution in [3.63, 3.8) is 0 Å². The van der Waals surface area contributed by atoms with E-state index in [-0.39, 0.29) is 11.8 Å². The van der Waals surface area contributed by atoms with Crippen LogP contribution in [-0.4, -0.2) is 57.1 Å². The largest absolute Gasteiger partial charge is 0.497 e. The molecule has 0 saturated carbocycles. The van der Waals surface area contributed by atoms with E-state index in [9.17, 15) is 9.59 Å². The van der Waals surface area contributed by atoms with Gasteiger partial charge in [-0.2, -0.15) is 0 Å². The molecule has 0 radical (unpaired) electrons. The van der Waals surface area contributed by atoms with E-state index in [1.54, 1.807) is 44.4 Å². The molecule has 2 amide bonds. The van der Waals surface area contributed by atoms with Crippen molar-refractivity contribution < 1.29 is 19.1 Å². The highest BCUT2D eigenvalue weighted by molar-refractivity contribution is 6.01. The Hall–Kier alpha value is -2.28. The van der Waals surface area contributed by atoms with E-state index in [1.807, 2.05) is 0 Å². The summed E-state index contributed by atoms with van der Waals surface area (Å²) in [6, 6.07) is 4.90. The van der Waals surface area contributed by atoms with Gasteiger partial charge < -0.3 is 25.0 Å². The fourth-order valence-corrected chi connectivity index (χ4v) is 2.83. The van der Waals surface area contributed by atoms with Crippen LogP contribution in [0, 0.1) is 0 Å². The molecule has 0 spiro atoms. The van der Waals surface area contributed by atoms with Crippen molar-refractivity contribution in [2.45, 2.75) is 25.3 Å². The minimum absolute atomic E-state index is 0.0520. The molecule has 0 bridgehead atoms. The van der Waals surface area contributed by atoms with Crippen molar-refractivity contribution in [3.8, 4) is 11.5 Å². The first-order valence-electron chi connectivity index (χ1n) is 8.02. The van der Waals surface area contributed by atoms with Gasteiger partial charge in [-0.05, 0) is 19.4 Å². The Bertz CT molecular complexity index is 583. The number of ether oxygens (including phenoxy) is 2. The molecule has 0 aromatic heterocycles. The molecule has 1 fully saturated rings. The summed E-state index contributed by atoms with van der Waals surface area (Å²) in [6.45, 7) is 1.02. The number of benzene rings is 1. The lowest BCUT2D eigenvalue weighted by atomic mass is 10.2. The lowest BCUT2D eigenvalue weighted by Gasteiger charge is -2.24. The molecular weight excluding hydrogens is 310 g/mol. The van der Waals surface area contributed by atoms with E-state index in [0.29, 0.717) is 49.5 Å². The minimum Gasteiger partial charge on any atom is -0.497 e. The smallest absolute Gasteiger partial charge is 0.249 e. The Kier molecular flexibility index (Phi) is 6.03. The van der Waals surface area contributed by atoms with Crippen LogP contribution in [-0.2, 0) is 9.59 Å². The predicted molar refractivity (Wildman–Crippen MR) is 91.4 cm³/mol. The number of rotatable bonds is 7. The van der Waals surface area contributed by atoms with Gasteiger partial charge in [-0.3, -0.25) is 9.59 Å². The first-order valence-corrected chi connectivity index (χ1v) is 8.02. The molecular formula is C17H25N3O4. The predicted octanol–water partition coefficient (Wildman–Crippen LogP) is 1.01. The molecule has 2 N–H and O–H groups in total. The van der Waals surface area contributed by atoms with Gasteiger partial charge in [0.2, 0.25) is 11.8 Å². The Morgan fingerprint density at radius 1 is 1.29 bits per heavy atom. The minimum atomic E-state index is -0.438. The Balaban J connectivity index is 2.15. The Morgan fingerprint density at radius 2 is 1.92 bits per heavy atom. The van der Waals surface area contributed by atoms with E-state index in [1.165, 1.54) is 4.90 Å². The van der Waals surface area contributed by atoms with Crippen molar-refractivity contribution in [1.82, 2.24) is 4.90 Å². The van der Waals surface area contributed by atoms with E-state index in [0.717, 1.165) is 0 Å². The second-order valence-corrected chi connectivity index (χ2v) is 5.76. The van der Waals surface area contributed by atoms with Crippen molar-refractivity contribution in [2.24, 2.45) is 5.73 Å². The fourth-order valence-electron chi connectivity index (χ4n) is 2.83. The molecule has 0 aliphatic carbocycles. The van der Waals surface area contributed by atoms with Crippen LogP contribution >= 0.6 is 0 Å². The van der Waals surface area contributed by atoms with E-state index in [2.05, 4.69) is 0 Å². The summed E-state index contributed by atoms with van der Waals surface area (Å²) < 4.78 is 10.5. The molecule has 132 valence electrons. The van der Waals surface area contributed by atoms with Crippen LogP contribution in [0.1, 0.15) is 19.3 Å². The molecule has 1 atom stereocenters. The highest BCUT2D eigenvalue weighted by Gasteiger charge is 2.37. The standard InChI is InChI=1S/C17H25N3O4/c1-19(16(21)5-4-7-18)15-6-8-20(17(15)22)12-9-13(23-2)11-14(10-12)24-3/h9-11,15H,4-8,18H2,1-3H3. The van der Waals surface area contributed by atoms with Crippen molar-refractivity contribution >= 4 is 17.5 Å². The van der Waals surface area contributed by atoms with Crippen LogP contribution in [0.2, 0.25) is 0 Å². The summed E-state index contributed by atoms with van der Waals surface area (Å²) in [5.41, 5.74) is 6.15. The number of anilines is 1. The molecule has 7 nitrogen and oxygen atoms in total. The van der Waals surface area contributed by atoms with Gasteiger partial charge in [0.25, 0.3) is 0 Å². The zero-order valence-corrected chi connectivity index (χ0v) is 14.4. The van der Waals surface area contributed by atoms with Gasteiger partial charge in [-0.25, -0.2) is 0 Å². The molecule has 1 aromatic carbocycles. The number of hydrogen-bond acceptors (Lipinski definition) is 5. The van der Waals surface area contributed by atoms with Crippen LogP contribution in [0.5, 0.6) is 11.5 Å². The number of hydrogen-bond donors (Lipinski definition) is 1. The van der Waals surface area contributed by atoms with Crippen molar-refractivity contribution in [1.29, 1.82) is 0 Å². The first-order chi connectivity index (χ1) is 11.5.